The quantitative estimate of drug-likeness (QED) is 0.280. The molecule has 1 unspecified atom stereocenters. The number of fused-ring (bicyclic) bond motifs is 2. The predicted molar refractivity (Wildman–Crippen MR) is 163 cm³/mol. The summed E-state index contributed by atoms with van der Waals surface area (Å²) < 4.78 is 55.5. The van der Waals surface area contributed by atoms with E-state index >= 15 is 4.39 Å². The van der Waals surface area contributed by atoms with Gasteiger partial charge in [0.05, 0.1) is 11.1 Å². The summed E-state index contributed by atoms with van der Waals surface area (Å²) in [5.41, 5.74) is 8.20. The Hall–Kier alpha value is -5.11. The Morgan fingerprint density at radius 2 is 1.59 bits per heavy atom. The van der Waals surface area contributed by atoms with Gasteiger partial charge < -0.3 is 34.8 Å². The fourth-order valence-corrected chi connectivity index (χ4v) is 5.97. The summed E-state index contributed by atoms with van der Waals surface area (Å²) in [5.74, 6) is -2.85. The summed E-state index contributed by atoms with van der Waals surface area (Å²) in [6.45, 7) is 3.38. The number of nitrogens with zero attached hydrogens (tertiary/aromatic N) is 4. The van der Waals surface area contributed by atoms with E-state index in [1.54, 1.807) is 21.7 Å². The number of carboxylic acid groups (broad SMARTS) is 1. The summed E-state index contributed by atoms with van der Waals surface area (Å²) >= 11 is 0. The molecule has 10 nitrogen and oxygen atoms in total. The first-order valence-corrected chi connectivity index (χ1v) is 14.5. The van der Waals surface area contributed by atoms with Crippen LogP contribution in [0.2, 0.25) is 0 Å². The highest BCUT2D eigenvalue weighted by atomic mass is 19.4. The molecule has 1 amide bonds. The van der Waals surface area contributed by atoms with Gasteiger partial charge in [0, 0.05) is 57.2 Å². The van der Waals surface area contributed by atoms with Crippen molar-refractivity contribution in [3.05, 3.63) is 88.5 Å². The first kappa shape index (κ1) is 30.9. The number of anilines is 2. The highest BCUT2D eigenvalue weighted by molar-refractivity contribution is 6.01. The van der Waals surface area contributed by atoms with E-state index in [9.17, 15) is 22.8 Å². The zero-order valence-corrected chi connectivity index (χ0v) is 24.3. The molecule has 14 heteroatoms. The number of carbonyl (C=O) groups is 2. The van der Waals surface area contributed by atoms with E-state index in [1.165, 1.54) is 6.07 Å². The van der Waals surface area contributed by atoms with Gasteiger partial charge in [0.1, 0.15) is 16.8 Å². The normalized spacial score (nSPS) is 17.2. The van der Waals surface area contributed by atoms with Crippen molar-refractivity contribution < 1.29 is 37.0 Å². The molecule has 3 aliphatic rings. The molecular formula is C32H29F4N5O5. The molecule has 0 saturated carbocycles. The molecule has 3 aromatic carbocycles. The van der Waals surface area contributed by atoms with Crippen molar-refractivity contribution in [1.29, 1.82) is 0 Å². The van der Waals surface area contributed by atoms with Crippen LogP contribution in [0.25, 0.3) is 16.6 Å². The molecule has 240 valence electrons. The standard InChI is InChI=1S/C30H28FN5O3.C2HF3O2/c31-23-16-21-26-29(27(23)35-11-10-19(32)17-35)39-25-9-5-4-8-24(25)36(26)18-22(28(21)37)30(38)34-14-12-33(13-15-34)20-6-2-1-3-7-20;3-2(4,5)1(6)7/h1-9,16,18-19H,10-15,17,32H2;(H,6,7). The first-order valence-electron chi connectivity index (χ1n) is 14.5. The molecule has 0 spiro atoms. The highest BCUT2D eigenvalue weighted by Gasteiger charge is 2.38. The van der Waals surface area contributed by atoms with Crippen molar-refractivity contribution in [3.8, 4) is 17.2 Å². The van der Waals surface area contributed by atoms with E-state index in [0.717, 1.165) is 12.1 Å². The Morgan fingerprint density at radius 3 is 2.22 bits per heavy atom. The lowest BCUT2D eigenvalue weighted by molar-refractivity contribution is -0.192. The lowest BCUT2D eigenvalue weighted by Gasteiger charge is -2.36. The average molecular weight is 640 g/mol. The Labute approximate surface area is 259 Å². The molecule has 7 rings (SSSR count). The highest BCUT2D eigenvalue weighted by Crippen LogP contribution is 2.47. The summed E-state index contributed by atoms with van der Waals surface area (Å²) in [7, 11) is 0. The van der Waals surface area contributed by atoms with Gasteiger partial charge in [0.25, 0.3) is 5.91 Å². The zero-order valence-electron chi connectivity index (χ0n) is 24.3. The molecule has 2 fully saturated rings. The van der Waals surface area contributed by atoms with Crippen molar-refractivity contribution in [1.82, 2.24) is 9.47 Å². The number of nitrogens with two attached hydrogens (primary N) is 1. The van der Waals surface area contributed by atoms with E-state index in [-0.39, 0.29) is 28.6 Å². The minimum atomic E-state index is -5.08. The van der Waals surface area contributed by atoms with Crippen LogP contribution in [-0.4, -0.2) is 77.9 Å². The number of benzene rings is 3. The van der Waals surface area contributed by atoms with Crippen LogP contribution in [0, 0.1) is 5.82 Å². The van der Waals surface area contributed by atoms with Gasteiger partial charge in [-0.3, -0.25) is 9.59 Å². The van der Waals surface area contributed by atoms with Crippen LogP contribution in [-0.2, 0) is 4.79 Å². The number of aliphatic carboxylic acids is 1. The smallest absolute Gasteiger partial charge is 0.475 e. The van der Waals surface area contributed by atoms with Gasteiger partial charge in [-0.05, 0) is 36.8 Å². The third-order valence-corrected chi connectivity index (χ3v) is 8.21. The second kappa shape index (κ2) is 12.0. The monoisotopic (exact) mass is 639 g/mol. The van der Waals surface area contributed by atoms with Crippen LogP contribution in [0.5, 0.6) is 11.5 Å². The minimum Gasteiger partial charge on any atom is -0.475 e. The van der Waals surface area contributed by atoms with E-state index < -0.39 is 23.4 Å². The van der Waals surface area contributed by atoms with Gasteiger partial charge in [-0.25, -0.2) is 9.18 Å². The summed E-state index contributed by atoms with van der Waals surface area (Å²) in [6, 6.07) is 18.6. The molecule has 4 heterocycles. The average Bonchev–Trinajstić information content (AvgIpc) is 3.47. The minimum absolute atomic E-state index is 0.0219. The zero-order chi connectivity index (χ0) is 32.7. The van der Waals surface area contributed by atoms with Crippen LogP contribution >= 0.6 is 0 Å². The van der Waals surface area contributed by atoms with E-state index in [2.05, 4.69) is 4.90 Å². The van der Waals surface area contributed by atoms with Crippen molar-refractivity contribution in [3.63, 3.8) is 0 Å². The summed E-state index contributed by atoms with van der Waals surface area (Å²) in [6.07, 6.45) is -2.75. The van der Waals surface area contributed by atoms with E-state index in [4.69, 9.17) is 20.4 Å². The number of piperazine rings is 1. The molecule has 1 aromatic heterocycles. The Balaban J connectivity index is 0.000000480. The SMILES string of the molecule is NC1CCN(c2c(F)cc3c(=O)c(C(=O)N4CCN(c5ccccc5)CC4)cn4c3c2Oc2ccccc2-4)C1.O=C(O)C(F)(F)F. The molecule has 0 bridgehead atoms. The van der Waals surface area contributed by atoms with Gasteiger partial charge in [-0.15, -0.1) is 0 Å². The number of alkyl halides is 3. The Bertz CT molecular complexity index is 1870. The van der Waals surface area contributed by atoms with Crippen molar-refractivity contribution >= 4 is 34.2 Å². The molecule has 0 radical (unpaired) electrons. The van der Waals surface area contributed by atoms with Gasteiger partial charge in [-0.2, -0.15) is 13.2 Å². The number of halogens is 4. The number of ether oxygens (including phenoxy) is 1. The van der Waals surface area contributed by atoms with Gasteiger partial charge >= 0.3 is 12.1 Å². The molecule has 2 saturated heterocycles. The third-order valence-electron chi connectivity index (χ3n) is 8.21. The fraction of sp³-hybridized carbons (Fsp3) is 0.281. The lowest BCUT2D eigenvalue weighted by atomic mass is 10.0. The summed E-state index contributed by atoms with van der Waals surface area (Å²) in [5, 5.41) is 7.25. The van der Waals surface area contributed by atoms with E-state index in [1.807, 2.05) is 53.4 Å². The number of carbonyl (C=O) groups excluding carboxylic acids is 1. The number of hydrogen-bond acceptors (Lipinski definition) is 7. The number of hydrogen-bond donors (Lipinski definition) is 2. The maximum Gasteiger partial charge on any atom is 0.490 e. The number of para-hydroxylation sites is 3. The second-order valence-corrected chi connectivity index (χ2v) is 11.2. The topological polar surface area (TPSA) is 121 Å². The number of rotatable bonds is 3. The van der Waals surface area contributed by atoms with Crippen LogP contribution < -0.4 is 25.7 Å². The molecule has 46 heavy (non-hydrogen) atoms. The van der Waals surface area contributed by atoms with Gasteiger partial charge in [0.15, 0.2) is 17.3 Å². The van der Waals surface area contributed by atoms with Crippen LogP contribution in [0.3, 0.4) is 0 Å². The van der Waals surface area contributed by atoms with Crippen LogP contribution in [0.15, 0.2) is 71.7 Å². The molecule has 3 N–H and O–H groups in total. The summed E-state index contributed by atoms with van der Waals surface area (Å²) in [4.78, 5) is 42.2. The van der Waals surface area contributed by atoms with Crippen LogP contribution in [0.1, 0.15) is 16.8 Å². The Morgan fingerprint density at radius 1 is 0.935 bits per heavy atom. The molecular weight excluding hydrogens is 610 g/mol. The fourth-order valence-electron chi connectivity index (χ4n) is 5.97. The third kappa shape index (κ3) is 5.71. The maximum atomic E-state index is 15.7. The lowest BCUT2D eigenvalue weighted by Crippen LogP contribution is -2.49. The number of pyridine rings is 1. The van der Waals surface area contributed by atoms with Crippen LogP contribution in [0.4, 0.5) is 28.9 Å². The molecule has 3 aliphatic heterocycles. The largest absolute Gasteiger partial charge is 0.490 e. The molecule has 4 aromatic rings. The van der Waals surface area contributed by atoms with Crippen molar-refractivity contribution in [2.45, 2.75) is 18.6 Å². The maximum absolute atomic E-state index is 15.7. The number of amides is 1. The van der Waals surface area contributed by atoms with Gasteiger partial charge in [-0.1, -0.05) is 30.3 Å². The second-order valence-electron chi connectivity index (χ2n) is 11.2. The van der Waals surface area contributed by atoms with E-state index in [0.29, 0.717) is 61.9 Å². The first-order chi connectivity index (χ1) is 21.9. The van der Waals surface area contributed by atoms with Crippen molar-refractivity contribution in [2.24, 2.45) is 5.73 Å². The van der Waals surface area contributed by atoms with Crippen molar-refractivity contribution in [2.75, 3.05) is 49.1 Å². The van der Waals surface area contributed by atoms with Gasteiger partial charge in [0.2, 0.25) is 5.43 Å². The Kier molecular flexibility index (Phi) is 8.06. The predicted octanol–water partition coefficient (Wildman–Crippen LogP) is 4.37. The number of carboxylic acids is 1. The number of aromatic nitrogens is 1. The molecule has 1 atom stereocenters. The molecule has 0 aliphatic carbocycles.